The zero-order chi connectivity index (χ0) is 22.8. The van der Waals surface area contributed by atoms with E-state index in [9.17, 15) is 19.1 Å². The Labute approximate surface area is 187 Å². The first-order chi connectivity index (χ1) is 15.5. The molecular weight excluding hydrogens is 409 g/mol. The molecule has 2 aliphatic heterocycles. The highest BCUT2D eigenvalue weighted by Gasteiger charge is 2.55. The van der Waals surface area contributed by atoms with Gasteiger partial charge in [0.25, 0.3) is 5.56 Å². The minimum Gasteiger partial charge on any atom is -0.396 e. The summed E-state index contributed by atoms with van der Waals surface area (Å²) in [4.78, 5) is 28.4. The number of fused-ring (bicyclic) bond motifs is 3. The maximum absolute atomic E-state index is 14.0. The van der Waals surface area contributed by atoms with Crippen LogP contribution in [0.25, 0.3) is 6.08 Å². The number of halogens is 1. The van der Waals surface area contributed by atoms with Crippen molar-refractivity contribution in [1.82, 2.24) is 14.8 Å². The van der Waals surface area contributed by atoms with Crippen LogP contribution in [0.2, 0.25) is 0 Å². The van der Waals surface area contributed by atoms with Gasteiger partial charge in [-0.3, -0.25) is 14.5 Å². The minimum atomic E-state index is -0.527. The van der Waals surface area contributed by atoms with Crippen molar-refractivity contribution in [2.75, 3.05) is 13.2 Å². The minimum absolute atomic E-state index is 0.0377. The smallest absolute Gasteiger partial charge is 0.258 e. The number of carbonyl (C=O) groups excluding carboxylic acids is 1. The standard InChI is InChI=1S/C25H30FN3O3/c1-3-7-16-10-11-21-22-18(14-29(21)25(16)32)19(15-30)23(28(22)12-4-2)24(31)27-13-17-8-5-6-9-20(17)26/h3,5-11,18-19,22-23,30H,4,12-15H2,1-2H3,(H,27,31)/b7-3+/t18-,19-,22+,23-/m0/s1. The molecule has 2 N–H and O–H groups in total. The van der Waals surface area contributed by atoms with Crippen molar-refractivity contribution in [2.45, 2.75) is 45.4 Å². The Morgan fingerprint density at radius 2 is 2.06 bits per heavy atom. The van der Waals surface area contributed by atoms with Gasteiger partial charge in [0.2, 0.25) is 5.91 Å². The Bertz CT molecular complexity index is 1080. The molecular formula is C25H30FN3O3. The Hall–Kier alpha value is -2.77. The van der Waals surface area contributed by atoms with Gasteiger partial charge in [-0.2, -0.15) is 0 Å². The predicted octanol–water partition coefficient (Wildman–Crippen LogP) is 2.71. The largest absolute Gasteiger partial charge is 0.396 e. The molecule has 32 heavy (non-hydrogen) atoms. The lowest BCUT2D eigenvalue weighted by atomic mass is 9.88. The van der Waals surface area contributed by atoms with Crippen molar-refractivity contribution in [1.29, 1.82) is 0 Å². The molecule has 0 aliphatic carbocycles. The molecule has 1 saturated heterocycles. The summed E-state index contributed by atoms with van der Waals surface area (Å²) in [5.74, 6) is -0.916. The molecule has 1 fully saturated rings. The van der Waals surface area contributed by atoms with Gasteiger partial charge >= 0.3 is 0 Å². The maximum Gasteiger partial charge on any atom is 0.258 e. The summed E-state index contributed by atoms with van der Waals surface area (Å²) in [7, 11) is 0. The highest BCUT2D eigenvalue weighted by atomic mass is 19.1. The summed E-state index contributed by atoms with van der Waals surface area (Å²) in [6, 6.07) is 9.55. The normalized spacial score (nSPS) is 24.6. The molecule has 0 saturated carbocycles. The van der Waals surface area contributed by atoms with E-state index in [-0.39, 0.29) is 48.3 Å². The van der Waals surface area contributed by atoms with Crippen LogP contribution < -0.4 is 10.9 Å². The lowest BCUT2D eigenvalue weighted by Gasteiger charge is -2.30. The van der Waals surface area contributed by atoms with Crippen LogP contribution in [0, 0.1) is 17.7 Å². The molecule has 0 bridgehead atoms. The Morgan fingerprint density at radius 1 is 1.28 bits per heavy atom. The predicted molar refractivity (Wildman–Crippen MR) is 121 cm³/mol. The van der Waals surface area contributed by atoms with Crippen LogP contribution in [0.4, 0.5) is 4.39 Å². The number of allylic oxidation sites excluding steroid dienone is 1. The molecule has 170 valence electrons. The van der Waals surface area contributed by atoms with E-state index in [0.717, 1.165) is 12.1 Å². The number of aliphatic hydroxyl groups is 1. The maximum atomic E-state index is 14.0. The number of rotatable bonds is 7. The molecule has 2 aromatic rings. The number of carbonyl (C=O) groups is 1. The first-order valence-corrected chi connectivity index (χ1v) is 11.3. The first kappa shape index (κ1) is 22.4. The average molecular weight is 440 g/mol. The summed E-state index contributed by atoms with van der Waals surface area (Å²) < 4.78 is 15.8. The SMILES string of the molecule is C/C=C/c1ccc2n(c1=O)C[C@H]1[C@H](CO)[C@@H](C(=O)NCc3ccccc3F)N(CCC)[C@@H]21. The Morgan fingerprint density at radius 3 is 2.75 bits per heavy atom. The van der Waals surface area contributed by atoms with Crippen LogP contribution in [-0.4, -0.2) is 39.7 Å². The molecule has 2 aliphatic rings. The molecule has 3 heterocycles. The van der Waals surface area contributed by atoms with E-state index in [1.807, 2.05) is 32.1 Å². The second-order valence-corrected chi connectivity index (χ2v) is 8.58. The lowest BCUT2D eigenvalue weighted by molar-refractivity contribution is -0.127. The molecule has 0 spiro atoms. The average Bonchev–Trinajstić information content (AvgIpc) is 3.31. The second kappa shape index (κ2) is 9.38. The van der Waals surface area contributed by atoms with Crippen molar-refractivity contribution < 1.29 is 14.3 Å². The van der Waals surface area contributed by atoms with E-state index >= 15 is 0 Å². The number of aliphatic hydroxyl groups excluding tert-OH is 1. The fourth-order valence-corrected chi connectivity index (χ4v) is 5.38. The number of pyridine rings is 1. The van der Waals surface area contributed by atoms with Crippen LogP contribution in [0.5, 0.6) is 0 Å². The van der Waals surface area contributed by atoms with Gasteiger partial charge in [0.15, 0.2) is 0 Å². The zero-order valence-electron chi connectivity index (χ0n) is 18.5. The third-order valence-corrected chi connectivity index (χ3v) is 6.73. The third-order valence-electron chi connectivity index (χ3n) is 6.73. The van der Waals surface area contributed by atoms with Crippen molar-refractivity contribution in [2.24, 2.45) is 11.8 Å². The number of hydrogen-bond acceptors (Lipinski definition) is 4. The molecule has 1 amide bonds. The van der Waals surface area contributed by atoms with Crippen LogP contribution in [0.1, 0.15) is 43.1 Å². The molecule has 0 radical (unpaired) electrons. The molecule has 4 atom stereocenters. The van der Waals surface area contributed by atoms with E-state index < -0.39 is 6.04 Å². The molecule has 4 rings (SSSR count). The zero-order valence-corrected chi connectivity index (χ0v) is 18.5. The second-order valence-electron chi connectivity index (χ2n) is 8.58. The number of hydrogen-bond donors (Lipinski definition) is 2. The fraction of sp³-hybridized carbons (Fsp3) is 0.440. The van der Waals surface area contributed by atoms with Gasteiger partial charge < -0.3 is 15.0 Å². The van der Waals surface area contributed by atoms with Gasteiger partial charge in [0.05, 0.1) is 12.1 Å². The first-order valence-electron chi connectivity index (χ1n) is 11.3. The number of nitrogens with one attached hydrogen (secondary N) is 1. The van der Waals surface area contributed by atoms with E-state index in [0.29, 0.717) is 24.2 Å². The van der Waals surface area contributed by atoms with Gasteiger partial charge in [-0.1, -0.05) is 37.3 Å². The van der Waals surface area contributed by atoms with Gasteiger partial charge in [-0.15, -0.1) is 0 Å². The molecule has 6 nitrogen and oxygen atoms in total. The van der Waals surface area contributed by atoms with E-state index in [2.05, 4.69) is 10.2 Å². The van der Waals surface area contributed by atoms with Crippen LogP contribution in [0.15, 0.2) is 47.3 Å². The number of nitrogens with zero attached hydrogens (tertiary/aromatic N) is 2. The summed E-state index contributed by atoms with van der Waals surface area (Å²) in [5.41, 5.74) is 1.92. The summed E-state index contributed by atoms with van der Waals surface area (Å²) in [6.45, 7) is 5.02. The highest BCUT2D eigenvalue weighted by molar-refractivity contribution is 5.82. The lowest BCUT2D eigenvalue weighted by Crippen LogP contribution is -2.48. The molecule has 0 unspecified atom stereocenters. The fourth-order valence-electron chi connectivity index (χ4n) is 5.38. The summed E-state index contributed by atoms with van der Waals surface area (Å²) >= 11 is 0. The van der Waals surface area contributed by atoms with Gasteiger partial charge in [0.1, 0.15) is 5.82 Å². The van der Waals surface area contributed by atoms with Gasteiger partial charge in [-0.25, -0.2) is 4.39 Å². The highest BCUT2D eigenvalue weighted by Crippen LogP contribution is 2.49. The summed E-state index contributed by atoms with van der Waals surface area (Å²) in [6.07, 6.45) is 4.48. The molecule has 7 heteroatoms. The van der Waals surface area contributed by atoms with E-state index in [1.54, 1.807) is 28.8 Å². The monoisotopic (exact) mass is 439 g/mol. The van der Waals surface area contributed by atoms with Crippen LogP contribution >= 0.6 is 0 Å². The van der Waals surface area contributed by atoms with Gasteiger partial charge in [0, 0.05) is 48.4 Å². The third kappa shape index (κ3) is 3.80. The van der Waals surface area contributed by atoms with Gasteiger partial charge in [-0.05, 0) is 38.1 Å². The molecule has 1 aromatic carbocycles. The number of benzene rings is 1. The van der Waals surface area contributed by atoms with Crippen LogP contribution in [0.3, 0.4) is 0 Å². The van der Waals surface area contributed by atoms with Crippen LogP contribution in [-0.2, 0) is 17.9 Å². The van der Waals surface area contributed by atoms with Crippen molar-refractivity contribution in [3.05, 3.63) is 75.5 Å². The number of aromatic nitrogens is 1. The number of amides is 1. The Kier molecular flexibility index (Phi) is 6.58. The molecule has 1 aromatic heterocycles. The Balaban J connectivity index is 1.64. The van der Waals surface area contributed by atoms with E-state index in [1.165, 1.54) is 6.07 Å². The summed E-state index contributed by atoms with van der Waals surface area (Å²) in [5, 5.41) is 13.1. The topological polar surface area (TPSA) is 74.6 Å². The number of likely N-dealkylation sites (tertiary alicyclic amines) is 1. The van der Waals surface area contributed by atoms with Crippen molar-refractivity contribution >= 4 is 12.0 Å². The van der Waals surface area contributed by atoms with Crippen molar-refractivity contribution in [3.63, 3.8) is 0 Å². The quantitative estimate of drug-likeness (QED) is 0.696. The van der Waals surface area contributed by atoms with Crippen molar-refractivity contribution in [3.8, 4) is 0 Å². The van der Waals surface area contributed by atoms with E-state index in [4.69, 9.17) is 0 Å².